The van der Waals surface area contributed by atoms with Crippen molar-refractivity contribution in [3.63, 3.8) is 0 Å². The molecule has 0 heterocycles. The van der Waals surface area contributed by atoms with Crippen LogP contribution in [-0.4, -0.2) is 30.2 Å². The fourth-order valence-electron chi connectivity index (χ4n) is 2.33. The third-order valence-corrected chi connectivity index (χ3v) is 3.81. The van der Waals surface area contributed by atoms with Crippen molar-refractivity contribution in [1.82, 2.24) is 10.6 Å². The Bertz CT molecular complexity index is 297. The minimum Gasteiger partial charge on any atom is -0.481 e. The SMILES string of the molecule is CCCNC(=O)NCC1(C(=O)O)CCC(C)CC1. The lowest BCUT2D eigenvalue weighted by Crippen LogP contribution is -2.47. The molecule has 0 saturated heterocycles. The van der Waals surface area contributed by atoms with Crippen molar-refractivity contribution in [2.24, 2.45) is 11.3 Å². The van der Waals surface area contributed by atoms with E-state index in [-0.39, 0.29) is 12.6 Å². The van der Waals surface area contributed by atoms with Gasteiger partial charge in [0.2, 0.25) is 0 Å². The Labute approximate surface area is 108 Å². The van der Waals surface area contributed by atoms with Crippen molar-refractivity contribution >= 4 is 12.0 Å². The van der Waals surface area contributed by atoms with Gasteiger partial charge >= 0.3 is 12.0 Å². The maximum absolute atomic E-state index is 11.5. The number of carboxylic acids is 1. The first-order valence-corrected chi connectivity index (χ1v) is 6.75. The second-order valence-corrected chi connectivity index (χ2v) is 5.38. The van der Waals surface area contributed by atoms with Gasteiger partial charge < -0.3 is 15.7 Å². The molecule has 5 heteroatoms. The van der Waals surface area contributed by atoms with Gasteiger partial charge in [-0.1, -0.05) is 13.8 Å². The molecule has 0 aromatic rings. The van der Waals surface area contributed by atoms with Gasteiger partial charge in [-0.05, 0) is 38.0 Å². The molecule has 5 nitrogen and oxygen atoms in total. The number of aliphatic carboxylic acids is 1. The molecule has 0 atom stereocenters. The topological polar surface area (TPSA) is 78.4 Å². The van der Waals surface area contributed by atoms with Crippen LogP contribution in [-0.2, 0) is 4.79 Å². The normalized spacial score (nSPS) is 27.6. The van der Waals surface area contributed by atoms with Gasteiger partial charge in [0.1, 0.15) is 0 Å². The molecule has 0 bridgehead atoms. The first kappa shape index (κ1) is 14.8. The molecule has 104 valence electrons. The van der Waals surface area contributed by atoms with Crippen molar-refractivity contribution in [3.8, 4) is 0 Å². The number of hydrogen-bond acceptors (Lipinski definition) is 2. The molecular formula is C13H24N2O3. The Kier molecular flexibility index (Phi) is 5.44. The van der Waals surface area contributed by atoms with Crippen LogP contribution in [0.2, 0.25) is 0 Å². The Morgan fingerprint density at radius 2 is 1.89 bits per heavy atom. The van der Waals surface area contributed by atoms with E-state index >= 15 is 0 Å². The molecule has 0 aromatic carbocycles. The molecular weight excluding hydrogens is 232 g/mol. The molecule has 3 N–H and O–H groups in total. The molecule has 1 aliphatic carbocycles. The monoisotopic (exact) mass is 256 g/mol. The summed E-state index contributed by atoms with van der Waals surface area (Å²) in [5.41, 5.74) is -0.768. The highest BCUT2D eigenvalue weighted by Crippen LogP contribution is 2.38. The molecule has 2 amide bonds. The number of carbonyl (C=O) groups excluding carboxylic acids is 1. The zero-order valence-corrected chi connectivity index (χ0v) is 11.3. The predicted molar refractivity (Wildman–Crippen MR) is 69.4 cm³/mol. The standard InChI is InChI=1S/C13H24N2O3/c1-3-8-14-12(18)15-9-13(11(16)17)6-4-10(2)5-7-13/h10H,3-9H2,1-2H3,(H,16,17)(H2,14,15,18). The highest BCUT2D eigenvalue weighted by Gasteiger charge is 2.41. The number of urea groups is 1. The van der Waals surface area contributed by atoms with Crippen LogP contribution in [0.15, 0.2) is 0 Å². The Balaban J connectivity index is 2.48. The summed E-state index contributed by atoms with van der Waals surface area (Å²) in [5.74, 6) is -0.198. The summed E-state index contributed by atoms with van der Waals surface area (Å²) in [6.45, 7) is 4.96. The van der Waals surface area contributed by atoms with Crippen LogP contribution >= 0.6 is 0 Å². The number of amides is 2. The number of hydrogen-bond donors (Lipinski definition) is 3. The summed E-state index contributed by atoms with van der Waals surface area (Å²) in [7, 11) is 0. The average Bonchev–Trinajstić information content (AvgIpc) is 2.35. The minimum absolute atomic E-state index is 0.227. The fraction of sp³-hybridized carbons (Fsp3) is 0.846. The Morgan fingerprint density at radius 1 is 1.28 bits per heavy atom. The smallest absolute Gasteiger partial charge is 0.314 e. The molecule has 1 saturated carbocycles. The summed E-state index contributed by atoms with van der Waals surface area (Å²) < 4.78 is 0. The van der Waals surface area contributed by atoms with E-state index in [2.05, 4.69) is 17.6 Å². The van der Waals surface area contributed by atoms with Crippen LogP contribution in [0.3, 0.4) is 0 Å². The van der Waals surface area contributed by atoms with Crippen molar-refractivity contribution in [1.29, 1.82) is 0 Å². The van der Waals surface area contributed by atoms with E-state index in [4.69, 9.17) is 0 Å². The molecule has 18 heavy (non-hydrogen) atoms. The lowest BCUT2D eigenvalue weighted by Gasteiger charge is -2.35. The van der Waals surface area contributed by atoms with Gasteiger partial charge in [0, 0.05) is 13.1 Å². The Hall–Kier alpha value is -1.26. The second-order valence-electron chi connectivity index (χ2n) is 5.38. The zero-order chi connectivity index (χ0) is 13.6. The first-order valence-electron chi connectivity index (χ1n) is 6.75. The van der Waals surface area contributed by atoms with Crippen molar-refractivity contribution < 1.29 is 14.7 Å². The number of carboxylic acid groups (broad SMARTS) is 1. The average molecular weight is 256 g/mol. The van der Waals surface area contributed by atoms with Crippen LogP contribution < -0.4 is 10.6 Å². The lowest BCUT2D eigenvalue weighted by molar-refractivity contribution is -0.151. The highest BCUT2D eigenvalue weighted by molar-refractivity contribution is 5.78. The van der Waals surface area contributed by atoms with Crippen LogP contribution in [0.4, 0.5) is 4.79 Å². The molecule has 0 unspecified atom stereocenters. The number of nitrogens with one attached hydrogen (secondary N) is 2. The quantitative estimate of drug-likeness (QED) is 0.703. The third-order valence-electron chi connectivity index (χ3n) is 3.81. The van der Waals surface area contributed by atoms with Gasteiger partial charge in [-0.2, -0.15) is 0 Å². The summed E-state index contributed by atoms with van der Waals surface area (Å²) in [5, 5.41) is 14.8. The molecule has 1 rings (SSSR count). The van der Waals surface area contributed by atoms with E-state index in [0.717, 1.165) is 19.3 Å². The summed E-state index contributed by atoms with van der Waals surface area (Å²) >= 11 is 0. The van der Waals surface area contributed by atoms with E-state index in [1.165, 1.54) is 0 Å². The van der Waals surface area contributed by atoms with Gasteiger partial charge in [0.25, 0.3) is 0 Å². The molecule has 0 radical (unpaired) electrons. The molecule has 0 spiro atoms. The number of rotatable bonds is 5. The molecule has 0 aromatic heterocycles. The van der Waals surface area contributed by atoms with Gasteiger partial charge in [-0.25, -0.2) is 4.79 Å². The van der Waals surface area contributed by atoms with E-state index in [9.17, 15) is 14.7 Å². The van der Waals surface area contributed by atoms with Gasteiger partial charge in [0.05, 0.1) is 5.41 Å². The van der Waals surface area contributed by atoms with E-state index < -0.39 is 11.4 Å². The molecule has 1 aliphatic rings. The second kappa shape index (κ2) is 6.61. The fourth-order valence-corrected chi connectivity index (χ4v) is 2.33. The number of carbonyl (C=O) groups is 2. The van der Waals surface area contributed by atoms with Gasteiger partial charge in [-0.3, -0.25) is 4.79 Å². The van der Waals surface area contributed by atoms with Crippen LogP contribution in [0.25, 0.3) is 0 Å². The van der Waals surface area contributed by atoms with Gasteiger partial charge in [0.15, 0.2) is 0 Å². The maximum atomic E-state index is 11.5. The zero-order valence-electron chi connectivity index (χ0n) is 11.3. The summed E-state index contributed by atoms with van der Waals surface area (Å²) in [6.07, 6.45) is 4.01. The van der Waals surface area contributed by atoms with Crippen molar-refractivity contribution in [2.75, 3.05) is 13.1 Å². The Morgan fingerprint density at radius 3 is 2.39 bits per heavy atom. The highest BCUT2D eigenvalue weighted by atomic mass is 16.4. The lowest BCUT2D eigenvalue weighted by atomic mass is 9.71. The van der Waals surface area contributed by atoms with Crippen LogP contribution in [0.5, 0.6) is 0 Å². The maximum Gasteiger partial charge on any atom is 0.314 e. The minimum atomic E-state index is -0.787. The summed E-state index contributed by atoms with van der Waals surface area (Å²) in [4.78, 5) is 22.9. The van der Waals surface area contributed by atoms with E-state index in [1.807, 2.05) is 6.92 Å². The van der Waals surface area contributed by atoms with E-state index in [0.29, 0.717) is 25.3 Å². The third kappa shape index (κ3) is 3.89. The van der Waals surface area contributed by atoms with Crippen molar-refractivity contribution in [2.45, 2.75) is 46.0 Å². The molecule has 1 fully saturated rings. The van der Waals surface area contributed by atoms with Crippen LogP contribution in [0.1, 0.15) is 46.0 Å². The van der Waals surface area contributed by atoms with Crippen molar-refractivity contribution in [3.05, 3.63) is 0 Å². The summed E-state index contributed by atoms with van der Waals surface area (Å²) in [6, 6.07) is -0.268. The van der Waals surface area contributed by atoms with Crippen LogP contribution in [0, 0.1) is 11.3 Å². The molecule has 0 aliphatic heterocycles. The first-order chi connectivity index (χ1) is 8.50. The predicted octanol–water partition coefficient (Wildman–Crippen LogP) is 1.98. The van der Waals surface area contributed by atoms with Gasteiger partial charge in [-0.15, -0.1) is 0 Å². The largest absolute Gasteiger partial charge is 0.481 e. The van der Waals surface area contributed by atoms with E-state index in [1.54, 1.807) is 0 Å².